The van der Waals surface area contributed by atoms with Crippen molar-refractivity contribution in [1.82, 2.24) is 4.98 Å². The van der Waals surface area contributed by atoms with Gasteiger partial charge in [-0.15, -0.1) is 0 Å². The first kappa shape index (κ1) is 12.9. The number of rotatable bonds is 2. The number of anilines is 1. The van der Waals surface area contributed by atoms with E-state index in [1.165, 1.54) is 12.8 Å². The fourth-order valence-corrected chi connectivity index (χ4v) is 3.17. The van der Waals surface area contributed by atoms with Gasteiger partial charge >= 0.3 is 0 Å². The van der Waals surface area contributed by atoms with Crippen LogP contribution in [0.1, 0.15) is 32.3 Å². The average Bonchev–Trinajstić information content (AvgIpc) is 2.95. The minimum absolute atomic E-state index is 0.537. The molecule has 0 bridgehead atoms. The molecule has 1 fully saturated rings. The van der Waals surface area contributed by atoms with Crippen molar-refractivity contribution in [2.45, 2.75) is 32.7 Å². The Kier molecular flexibility index (Phi) is 3.31. The van der Waals surface area contributed by atoms with Crippen LogP contribution in [0.5, 0.6) is 0 Å². The van der Waals surface area contributed by atoms with Crippen LogP contribution in [-0.2, 0) is 0 Å². The topological polar surface area (TPSA) is 39.9 Å². The van der Waals surface area contributed by atoms with Gasteiger partial charge in [0.2, 0.25) is 0 Å². The summed E-state index contributed by atoms with van der Waals surface area (Å²) in [5, 5.41) is 10.3. The summed E-state index contributed by atoms with van der Waals surface area (Å²) in [6, 6.07) is 12.7. The quantitative estimate of drug-likeness (QED) is 0.830. The molecule has 0 N–H and O–H groups in total. The van der Waals surface area contributed by atoms with E-state index in [4.69, 9.17) is 4.98 Å². The van der Waals surface area contributed by atoms with E-state index in [2.05, 4.69) is 24.8 Å². The molecule has 3 nitrogen and oxygen atoms in total. The number of para-hydroxylation sites is 1. The summed E-state index contributed by atoms with van der Waals surface area (Å²) in [6.45, 7) is 5.56. The highest BCUT2D eigenvalue weighted by Gasteiger charge is 2.28. The molecule has 0 amide bonds. The van der Waals surface area contributed by atoms with E-state index in [1.807, 2.05) is 30.3 Å². The minimum atomic E-state index is 0.537. The number of fused-ring (bicyclic) bond motifs is 1. The molecule has 102 valence electrons. The second-order valence-corrected chi connectivity index (χ2v) is 5.80. The second-order valence-electron chi connectivity index (χ2n) is 5.80. The molecule has 1 aromatic heterocycles. The zero-order chi connectivity index (χ0) is 14.1. The molecule has 2 heterocycles. The molecular weight excluding hydrogens is 246 g/mol. The Morgan fingerprint density at radius 1 is 1.35 bits per heavy atom. The molecule has 1 aromatic carbocycles. The molecule has 3 rings (SSSR count). The van der Waals surface area contributed by atoms with Crippen LogP contribution in [0, 0.1) is 17.2 Å². The van der Waals surface area contributed by atoms with E-state index in [0.29, 0.717) is 12.0 Å². The highest BCUT2D eigenvalue weighted by molar-refractivity contribution is 5.86. The summed E-state index contributed by atoms with van der Waals surface area (Å²) < 4.78 is 0. The predicted octanol–water partition coefficient (Wildman–Crippen LogP) is 3.73. The maximum Gasteiger partial charge on any atom is 0.130 e. The van der Waals surface area contributed by atoms with Crippen molar-refractivity contribution >= 4 is 16.7 Å². The number of hydrogen-bond acceptors (Lipinski definition) is 3. The van der Waals surface area contributed by atoms with Gasteiger partial charge in [-0.3, -0.25) is 0 Å². The van der Waals surface area contributed by atoms with Crippen molar-refractivity contribution in [2.24, 2.45) is 5.92 Å². The van der Waals surface area contributed by atoms with E-state index in [-0.39, 0.29) is 0 Å². The predicted molar refractivity (Wildman–Crippen MR) is 81.7 cm³/mol. The molecule has 0 spiro atoms. The third-order valence-electron chi connectivity index (χ3n) is 4.19. The maximum atomic E-state index is 9.38. The Morgan fingerprint density at radius 2 is 2.15 bits per heavy atom. The molecule has 0 radical (unpaired) electrons. The van der Waals surface area contributed by atoms with Crippen LogP contribution in [0.15, 0.2) is 30.3 Å². The summed E-state index contributed by atoms with van der Waals surface area (Å²) >= 11 is 0. The third-order valence-corrected chi connectivity index (χ3v) is 4.19. The first-order valence-electron chi connectivity index (χ1n) is 7.27. The van der Waals surface area contributed by atoms with Gasteiger partial charge in [-0.05, 0) is 30.9 Å². The highest BCUT2D eigenvalue weighted by atomic mass is 15.2. The molecule has 0 aliphatic carbocycles. The third kappa shape index (κ3) is 2.12. The summed E-state index contributed by atoms with van der Waals surface area (Å²) in [5.74, 6) is 1.56. The molecule has 1 unspecified atom stereocenters. The molecule has 0 saturated carbocycles. The van der Waals surface area contributed by atoms with Crippen molar-refractivity contribution in [3.05, 3.63) is 35.9 Å². The van der Waals surface area contributed by atoms with Crippen LogP contribution in [0.3, 0.4) is 0 Å². The number of pyridine rings is 1. The highest BCUT2D eigenvalue weighted by Crippen LogP contribution is 2.31. The Morgan fingerprint density at radius 3 is 2.90 bits per heavy atom. The first-order valence-corrected chi connectivity index (χ1v) is 7.27. The van der Waals surface area contributed by atoms with E-state index < -0.39 is 0 Å². The monoisotopic (exact) mass is 265 g/mol. The normalized spacial score (nSPS) is 18.7. The van der Waals surface area contributed by atoms with Crippen LogP contribution < -0.4 is 4.90 Å². The lowest BCUT2D eigenvalue weighted by Gasteiger charge is -2.29. The lowest BCUT2D eigenvalue weighted by Crippen LogP contribution is -2.34. The van der Waals surface area contributed by atoms with Gasteiger partial charge in [0.1, 0.15) is 5.82 Å². The molecule has 2 aromatic rings. The SMILES string of the molecule is CC(C)C1CCCN1c1cc(C#N)c2ccccc2n1. The number of benzene rings is 1. The fourth-order valence-electron chi connectivity index (χ4n) is 3.17. The van der Waals surface area contributed by atoms with Crippen LogP contribution in [0.25, 0.3) is 10.9 Å². The van der Waals surface area contributed by atoms with Gasteiger partial charge in [-0.1, -0.05) is 32.0 Å². The van der Waals surface area contributed by atoms with Gasteiger partial charge in [0.15, 0.2) is 0 Å². The zero-order valence-electron chi connectivity index (χ0n) is 12.0. The van der Waals surface area contributed by atoms with E-state index >= 15 is 0 Å². The van der Waals surface area contributed by atoms with Crippen molar-refractivity contribution in [3.8, 4) is 6.07 Å². The van der Waals surface area contributed by atoms with Crippen molar-refractivity contribution < 1.29 is 0 Å². The van der Waals surface area contributed by atoms with Crippen molar-refractivity contribution in [2.75, 3.05) is 11.4 Å². The summed E-state index contributed by atoms with van der Waals surface area (Å²) in [5.41, 5.74) is 1.64. The smallest absolute Gasteiger partial charge is 0.130 e. The molecule has 1 aliphatic heterocycles. The van der Waals surface area contributed by atoms with Gasteiger partial charge in [0, 0.05) is 18.0 Å². The fraction of sp³-hybridized carbons (Fsp3) is 0.412. The van der Waals surface area contributed by atoms with Crippen LogP contribution >= 0.6 is 0 Å². The molecular formula is C17H19N3. The number of nitrogens with zero attached hydrogens (tertiary/aromatic N) is 3. The molecule has 1 saturated heterocycles. The van der Waals surface area contributed by atoms with Crippen LogP contribution in [0.4, 0.5) is 5.82 Å². The lowest BCUT2D eigenvalue weighted by molar-refractivity contribution is 0.490. The Hall–Kier alpha value is -2.08. The molecule has 1 aliphatic rings. The standard InChI is InChI=1S/C17H19N3/c1-12(2)16-8-5-9-20(16)17-10-13(11-18)14-6-3-4-7-15(14)19-17/h3-4,6-7,10,12,16H,5,8-9H2,1-2H3. The summed E-state index contributed by atoms with van der Waals surface area (Å²) in [7, 11) is 0. The van der Waals surface area contributed by atoms with Crippen LogP contribution in [0.2, 0.25) is 0 Å². The van der Waals surface area contributed by atoms with Crippen molar-refractivity contribution in [1.29, 1.82) is 5.26 Å². The van der Waals surface area contributed by atoms with Gasteiger partial charge in [-0.25, -0.2) is 4.98 Å². The van der Waals surface area contributed by atoms with Crippen LogP contribution in [-0.4, -0.2) is 17.6 Å². The lowest BCUT2D eigenvalue weighted by atomic mass is 10.0. The number of aromatic nitrogens is 1. The second kappa shape index (κ2) is 5.13. The van der Waals surface area contributed by atoms with Crippen molar-refractivity contribution in [3.63, 3.8) is 0 Å². The van der Waals surface area contributed by atoms with E-state index in [1.54, 1.807) is 0 Å². The first-order chi connectivity index (χ1) is 9.70. The van der Waals surface area contributed by atoms with Gasteiger partial charge in [-0.2, -0.15) is 5.26 Å². The molecule has 20 heavy (non-hydrogen) atoms. The van der Waals surface area contributed by atoms with Gasteiger partial charge < -0.3 is 4.90 Å². The van der Waals surface area contributed by atoms with E-state index in [0.717, 1.165) is 28.8 Å². The largest absolute Gasteiger partial charge is 0.353 e. The van der Waals surface area contributed by atoms with Gasteiger partial charge in [0.25, 0.3) is 0 Å². The summed E-state index contributed by atoms with van der Waals surface area (Å²) in [4.78, 5) is 7.15. The number of nitriles is 1. The summed E-state index contributed by atoms with van der Waals surface area (Å²) in [6.07, 6.45) is 2.42. The zero-order valence-corrected chi connectivity index (χ0v) is 12.0. The maximum absolute atomic E-state index is 9.38. The Balaban J connectivity index is 2.11. The minimum Gasteiger partial charge on any atom is -0.353 e. The molecule has 1 atom stereocenters. The van der Waals surface area contributed by atoms with E-state index in [9.17, 15) is 5.26 Å². The Bertz CT molecular complexity index is 669. The molecule has 3 heteroatoms. The average molecular weight is 265 g/mol. The Labute approximate surface area is 119 Å². The number of hydrogen-bond donors (Lipinski definition) is 0. The van der Waals surface area contributed by atoms with Gasteiger partial charge in [0.05, 0.1) is 17.1 Å².